The molecular formula is C25H51ClO4. The summed E-state index contributed by atoms with van der Waals surface area (Å²) in [5, 5.41) is 0. The summed E-state index contributed by atoms with van der Waals surface area (Å²) in [6.07, 6.45) is 19.7. The van der Waals surface area contributed by atoms with E-state index in [1.807, 2.05) is 0 Å². The van der Waals surface area contributed by atoms with Gasteiger partial charge in [0.05, 0.1) is 39.6 Å². The molecule has 0 unspecified atom stereocenters. The van der Waals surface area contributed by atoms with Crippen molar-refractivity contribution < 1.29 is 18.9 Å². The third-order valence-corrected chi connectivity index (χ3v) is 5.45. The number of unbranched alkanes of at least 4 members (excludes halogenated alkanes) is 13. The summed E-state index contributed by atoms with van der Waals surface area (Å²) in [4.78, 5) is 0. The smallest absolute Gasteiger partial charge is 0.0701 e. The highest BCUT2D eigenvalue weighted by atomic mass is 35.5. The van der Waals surface area contributed by atoms with Gasteiger partial charge in [-0.15, -0.1) is 11.6 Å². The molecule has 0 aromatic heterocycles. The molecule has 0 aliphatic heterocycles. The van der Waals surface area contributed by atoms with Gasteiger partial charge in [-0.1, -0.05) is 84.0 Å². The minimum absolute atomic E-state index is 0.623. The Morgan fingerprint density at radius 1 is 0.367 bits per heavy atom. The first kappa shape index (κ1) is 30.1. The predicted molar refractivity (Wildman–Crippen MR) is 129 cm³/mol. The van der Waals surface area contributed by atoms with Gasteiger partial charge >= 0.3 is 0 Å². The predicted octanol–water partition coefficient (Wildman–Crippen LogP) is 7.16. The number of hydrogen-bond acceptors (Lipinski definition) is 4. The van der Waals surface area contributed by atoms with Crippen molar-refractivity contribution in [3.05, 3.63) is 0 Å². The molecule has 0 spiro atoms. The zero-order valence-electron chi connectivity index (χ0n) is 20.0. The number of rotatable bonds is 27. The maximum Gasteiger partial charge on any atom is 0.0701 e. The monoisotopic (exact) mass is 450 g/mol. The number of alkyl halides is 1. The minimum Gasteiger partial charge on any atom is -0.379 e. The Hall–Kier alpha value is 0.130. The van der Waals surface area contributed by atoms with Crippen LogP contribution in [0, 0.1) is 0 Å². The highest BCUT2D eigenvalue weighted by molar-refractivity contribution is 6.17. The average Bonchev–Trinajstić information content (AvgIpc) is 2.76. The van der Waals surface area contributed by atoms with E-state index in [9.17, 15) is 0 Å². The molecule has 4 nitrogen and oxygen atoms in total. The molecule has 0 aliphatic carbocycles. The summed E-state index contributed by atoms with van der Waals surface area (Å²) >= 11 is 5.64. The molecule has 0 radical (unpaired) electrons. The molecule has 0 aromatic carbocycles. The van der Waals surface area contributed by atoms with Crippen molar-refractivity contribution >= 4 is 11.6 Å². The Morgan fingerprint density at radius 3 is 1.03 bits per heavy atom. The molecule has 0 saturated carbocycles. The van der Waals surface area contributed by atoms with Crippen molar-refractivity contribution in [1.29, 1.82) is 0 Å². The van der Waals surface area contributed by atoms with E-state index < -0.39 is 0 Å². The van der Waals surface area contributed by atoms with Crippen LogP contribution in [0.4, 0.5) is 0 Å². The number of halogens is 1. The minimum atomic E-state index is 0.623. The molecule has 0 heterocycles. The van der Waals surface area contributed by atoms with Crippen LogP contribution in [0.1, 0.15) is 103 Å². The summed E-state index contributed by atoms with van der Waals surface area (Å²) in [5.41, 5.74) is 0. The molecule has 0 aromatic rings. The van der Waals surface area contributed by atoms with Gasteiger partial charge in [-0.25, -0.2) is 0 Å². The van der Waals surface area contributed by atoms with E-state index in [1.165, 1.54) is 83.5 Å². The highest BCUT2D eigenvalue weighted by Gasteiger charge is 1.95. The first-order chi connectivity index (χ1) is 14.9. The van der Waals surface area contributed by atoms with Crippen LogP contribution in [0.2, 0.25) is 0 Å². The fraction of sp³-hybridized carbons (Fsp3) is 1.00. The van der Waals surface area contributed by atoms with Crippen molar-refractivity contribution in [2.24, 2.45) is 0 Å². The molecule has 0 amide bonds. The van der Waals surface area contributed by atoms with Crippen LogP contribution in [0.3, 0.4) is 0 Å². The third kappa shape index (κ3) is 28.1. The van der Waals surface area contributed by atoms with Crippen LogP contribution < -0.4 is 0 Å². The van der Waals surface area contributed by atoms with Crippen molar-refractivity contribution in [2.75, 3.05) is 58.7 Å². The second-order valence-corrected chi connectivity index (χ2v) is 8.47. The van der Waals surface area contributed by atoms with Crippen LogP contribution in [0.25, 0.3) is 0 Å². The molecule has 30 heavy (non-hydrogen) atoms. The Bertz CT molecular complexity index is 264. The van der Waals surface area contributed by atoms with Gasteiger partial charge in [-0.05, 0) is 19.3 Å². The normalized spacial score (nSPS) is 11.4. The fourth-order valence-corrected chi connectivity index (χ4v) is 3.47. The molecule has 0 aliphatic rings. The lowest BCUT2D eigenvalue weighted by atomic mass is 10.1. The van der Waals surface area contributed by atoms with E-state index in [1.54, 1.807) is 0 Å². The quantitative estimate of drug-likeness (QED) is 0.0981. The molecule has 0 saturated heterocycles. The van der Waals surface area contributed by atoms with Gasteiger partial charge < -0.3 is 18.9 Å². The van der Waals surface area contributed by atoms with E-state index >= 15 is 0 Å². The Balaban J connectivity index is 2.97. The lowest BCUT2D eigenvalue weighted by Crippen LogP contribution is -2.12. The zero-order chi connectivity index (χ0) is 21.8. The number of ether oxygens (including phenoxy) is 4. The lowest BCUT2D eigenvalue weighted by Gasteiger charge is -2.07. The van der Waals surface area contributed by atoms with Crippen LogP contribution in [0.5, 0.6) is 0 Å². The Morgan fingerprint density at radius 2 is 0.667 bits per heavy atom. The Kier molecular flexibility index (Phi) is 29.3. The SMILES string of the molecule is CCCCCCCCCCCCCOCCOCCOCCOCCCCCCCl. The molecule has 0 atom stereocenters. The lowest BCUT2D eigenvalue weighted by molar-refractivity contribution is -0.00248. The summed E-state index contributed by atoms with van der Waals surface area (Å²) in [5.74, 6) is 0.766. The van der Waals surface area contributed by atoms with Gasteiger partial charge in [0.15, 0.2) is 0 Å². The van der Waals surface area contributed by atoms with Gasteiger partial charge in [-0.3, -0.25) is 0 Å². The standard InChI is InChI=1S/C25H51ClO4/c1-2-3-4-5-6-7-8-9-10-12-15-18-27-20-22-29-24-25-30-23-21-28-19-16-13-11-14-17-26/h2-25H2,1H3. The molecule has 0 bridgehead atoms. The van der Waals surface area contributed by atoms with E-state index in [4.69, 9.17) is 30.5 Å². The molecule has 182 valence electrons. The first-order valence-corrected chi connectivity index (χ1v) is 13.3. The topological polar surface area (TPSA) is 36.9 Å². The van der Waals surface area contributed by atoms with Crippen molar-refractivity contribution in [1.82, 2.24) is 0 Å². The van der Waals surface area contributed by atoms with Crippen molar-refractivity contribution in [3.63, 3.8) is 0 Å². The first-order valence-electron chi connectivity index (χ1n) is 12.8. The van der Waals surface area contributed by atoms with Crippen LogP contribution in [-0.4, -0.2) is 58.7 Å². The van der Waals surface area contributed by atoms with Crippen LogP contribution in [0.15, 0.2) is 0 Å². The molecule has 0 N–H and O–H groups in total. The van der Waals surface area contributed by atoms with Gasteiger partial charge in [0, 0.05) is 19.1 Å². The average molecular weight is 451 g/mol. The third-order valence-electron chi connectivity index (χ3n) is 5.18. The fourth-order valence-electron chi connectivity index (χ4n) is 3.28. The second kappa shape index (κ2) is 29.1. The summed E-state index contributed by atoms with van der Waals surface area (Å²) in [6.45, 7) is 7.85. The van der Waals surface area contributed by atoms with Gasteiger partial charge in [0.1, 0.15) is 0 Å². The zero-order valence-corrected chi connectivity index (χ0v) is 20.7. The van der Waals surface area contributed by atoms with Gasteiger partial charge in [-0.2, -0.15) is 0 Å². The maximum atomic E-state index is 5.64. The molecule has 0 fully saturated rings. The van der Waals surface area contributed by atoms with Crippen molar-refractivity contribution in [3.8, 4) is 0 Å². The summed E-state index contributed by atoms with van der Waals surface area (Å²) in [7, 11) is 0. The van der Waals surface area contributed by atoms with E-state index in [2.05, 4.69) is 6.92 Å². The van der Waals surface area contributed by atoms with Crippen molar-refractivity contribution in [2.45, 2.75) is 103 Å². The summed E-state index contributed by atoms with van der Waals surface area (Å²) < 4.78 is 22.2. The second-order valence-electron chi connectivity index (χ2n) is 8.09. The van der Waals surface area contributed by atoms with Gasteiger partial charge in [0.25, 0.3) is 0 Å². The maximum absolute atomic E-state index is 5.64. The Labute approximate surface area is 192 Å². The van der Waals surface area contributed by atoms with Crippen LogP contribution in [-0.2, 0) is 18.9 Å². The molecule has 0 rings (SSSR count). The largest absolute Gasteiger partial charge is 0.379 e. The van der Waals surface area contributed by atoms with E-state index in [0.29, 0.717) is 39.6 Å². The van der Waals surface area contributed by atoms with Gasteiger partial charge in [0.2, 0.25) is 0 Å². The highest BCUT2D eigenvalue weighted by Crippen LogP contribution is 2.11. The van der Waals surface area contributed by atoms with E-state index in [-0.39, 0.29) is 0 Å². The van der Waals surface area contributed by atoms with E-state index in [0.717, 1.165) is 31.9 Å². The molecular weight excluding hydrogens is 400 g/mol. The number of hydrogen-bond donors (Lipinski definition) is 0. The molecule has 5 heteroatoms. The summed E-state index contributed by atoms with van der Waals surface area (Å²) in [6, 6.07) is 0. The van der Waals surface area contributed by atoms with Crippen LogP contribution >= 0.6 is 11.6 Å².